The van der Waals surface area contributed by atoms with E-state index < -0.39 is 5.97 Å². The number of allylic oxidation sites excluding steroid dienone is 1. The summed E-state index contributed by atoms with van der Waals surface area (Å²) in [4.78, 5) is 25.1. The SMILES string of the molecule is C/C(=C1/C(=O)N(CC(=O)O)c2ccccc21)c1ccccc1. The quantitative estimate of drug-likeness (QED) is 0.885. The van der Waals surface area contributed by atoms with E-state index in [0.29, 0.717) is 11.3 Å². The summed E-state index contributed by atoms with van der Waals surface area (Å²) >= 11 is 0. The molecule has 1 aliphatic heterocycles. The van der Waals surface area contributed by atoms with Gasteiger partial charge in [0.1, 0.15) is 6.54 Å². The molecular weight excluding hydrogens is 278 g/mol. The molecule has 0 bridgehead atoms. The van der Waals surface area contributed by atoms with Gasteiger partial charge >= 0.3 is 5.97 Å². The number of carboxylic acid groups (broad SMARTS) is 1. The maximum atomic E-state index is 12.7. The number of amides is 1. The fourth-order valence-electron chi connectivity index (χ4n) is 2.77. The van der Waals surface area contributed by atoms with Crippen molar-refractivity contribution in [3.8, 4) is 0 Å². The van der Waals surface area contributed by atoms with Crippen molar-refractivity contribution in [3.63, 3.8) is 0 Å². The van der Waals surface area contributed by atoms with Crippen LogP contribution >= 0.6 is 0 Å². The van der Waals surface area contributed by atoms with Crippen molar-refractivity contribution in [1.82, 2.24) is 0 Å². The topological polar surface area (TPSA) is 57.6 Å². The monoisotopic (exact) mass is 293 g/mol. The van der Waals surface area contributed by atoms with Gasteiger partial charge in [-0.15, -0.1) is 0 Å². The van der Waals surface area contributed by atoms with Crippen LogP contribution in [0.15, 0.2) is 54.6 Å². The van der Waals surface area contributed by atoms with Gasteiger partial charge in [-0.2, -0.15) is 0 Å². The van der Waals surface area contributed by atoms with Crippen LogP contribution in [0.25, 0.3) is 11.1 Å². The molecule has 22 heavy (non-hydrogen) atoms. The third-order valence-corrected chi connectivity index (χ3v) is 3.80. The Labute approximate surface area is 128 Å². The number of hydrogen-bond acceptors (Lipinski definition) is 2. The van der Waals surface area contributed by atoms with Crippen LogP contribution in [0.4, 0.5) is 5.69 Å². The minimum atomic E-state index is -1.03. The summed E-state index contributed by atoms with van der Waals surface area (Å²) in [6.07, 6.45) is 0. The molecular formula is C18H15NO3. The highest BCUT2D eigenvalue weighted by Gasteiger charge is 2.34. The second-order valence-corrected chi connectivity index (χ2v) is 5.17. The standard InChI is InChI=1S/C18H15NO3/c1-12(13-7-3-2-4-8-13)17-14-9-5-6-10-15(14)19(18(17)22)11-16(20)21/h2-10H,11H2,1H3,(H,20,21)/b17-12-. The van der Waals surface area contributed by atoms with Gasteiger partial charge in [0.15, 0.2) is 0 Å². The molecule has 2 aromatic rings. The molecule has 1 heterocycles. The Morgan fingerprint density at radius 1 is 1.05 bits per heavy atom. The van der Waals surface area contributed by atoms with E-state index in [9.17, 15) is 9.59 Å². The lowest BCUT2D eigenvalue weighted by Crippen LogP contribution is -2.32. The summed E-state index contributed by atoms with van der Waals surface area (Å²) < 4.78 is 0. The number of benzene rings is 2. The molecule has 0 fully saturated rings. The second-order valence-electron chi connectivity index (χ2n) is 5.17. The zero-order valence-electron chi connectivity index (χ0n) is 12.1. The summed E-state index contributed by atoms with van der Waals surface area (Å²) in [7, 11) is 0. The van der Waals surface area contributed by atoms with Crippen molar-refractivity contribution in [2.45, 2.75) is 6.92 Å². The Morgan fingerprint density at radius 2 is 1.68 bits per heavy atom. The molecule has 4 nitrogen and oxygen atoms in total. The normalized spacial score (nSPS) is 15.7. The lowest BCUT2D eigenvalue weighted by molar-refractivity contribution is -0.136. The predicted molar refractivity (Wildman–Crippen MR) is 85.4 cm³/mol. The molecule has 4 heteroatoms. The van der Waals surface area contributed by atoms with E-state index in [1.54, 1.807) is 6.07 Å². The zero-order chi connectivity index (χ0) is 15.7. The average Bonchev–Trinajstić information content (AvgIpc) is 2.80. The van der Waals surface area contributed by atoms with Gasteiger partial charge < -0.3 is 5.11 Å². The van der Waals surface area contributed by atoms with Crippen LogP contribution in [-0.2, 0) is 9.59 Å². The smallest absolute Gasteiger partial charge is 0.323 e. The molecule has 1 N–H and O–H groups in total. The second kappa shape index (κ2) is 5.48. The van der Waals surface area contributed by atoms with Crippen LogP contribution < -0.4 is 4.90 Å². The highest BCUT2D eigenvalue weighted by Crippen LogP contribution is 2.40. The molecule has 0 saturated heterocycles. The number of aliphatic carboxylic acids is 1. The van der Waals surface area contributed by atoms with Crippen molar-refractivity contribution in [3.05, 3.63) is 65.7 Å². The van der Waals surface area contributed by atoms with Gasteiger partial charge in [0.05, 0.1) is 11.3 Å². The van der Waals surface area contributed by atoms with Crippen LogP contribution in [0.5, 0.6) is 0 Å². The Balaban J connectivity index is 2.17. The minimum absolute atomic E-state index is 0.259. The highest BCUT2D eigenvalue weighted by atomic mass is 16.4. The van der Waals surface area contributed by atoms with E-state index in [4.69, 9.17) is 5.11 Å². The third-order valence-electron chi connectivity index (χ3n) is 3.80. The number of carbonyl (C=O) groups is 2. The molecule has 0 radical (unpaired) electrons. The van der Waals surface area contributed by atoms with Crippen molar-refractivity contribution in [2.75, 3.05) is 11.4 Å². The predicted octanol–water partition coefficient (Wildman–Crippen LogP) is 3.05. The molecule has 110 valence electrons. The summed E-state index contributed by atoms with van der Waals surface area (Å²) in [5, 5.41) is 9.05. The van der Waals surface area contributed by atoms with E-state index in [1.807, 2.05) is 55.5 Å². The molecule has 3 rings (SSSR count). The Kier molecular flexibility index (Phi) is 3.51. The molecule has 2 aromatic carbocycles. The zero-order valence-corrected chi connectivity index (χ0v) is 12.1. The number of hydrogen-bond donors (Lipinski definition) is 1. The van der Waals surface area contributed by atoms with Gasteiger partial charge in [0, 0.05) is 5.56 Å². The van der Waals surface area contributed by atoms with E-state index >= 15 is 0 Å². The van der Waals surface area contributed by atoms with E-state index in [2.05, 4.69) is 0 Å². The van der Waals surface area contributed by atoms with E-state index in [-0.39, 0.29) is 12.5 Å². The van der Waals surface area contributed by atoms with Crippen molar-refractivity contribution < 1.29 is 14.7 Å². The van der Waals surface area contributed by atoms with Crippen LogP contribution in [0, 0.1) is 0 Å². The van der Waals surface area contributed by atoms with Crippen LogP contribution in [-0.4, -0.2) is 23.5 Å². The Morgan fingerprint density at radius 3 is 2.36 bits per heavy atom. The Bertz CT molecular complexity index is 778. The summed E-state index contributed by atoms with van der Waals surface area (Å²) in [5.74, 6) is -1.29. The molecule has 0 unspecified atom stereocenters. The molecule has 1 amide bonds. The molecule has 0 aromatic heterocycles. The minimum Gasteiger partial charge on any atom is -0.480 e. The van der Waals surface area contributed by atoms with Crippen molar-refractivity contribution in [1.29, 1.82) is 0 Å². The number of fused-ring (bicyclic) bond motifs is 1. The highest BCUT2D eigenvalue weighted by molar-refractivity contribution is 6.38. The summed E-state index contributed by atoms with van der Waals surface area (Å²) in [5.41, 5.74) is 3.82. The molecule has 1 aliphatic rings. The van der Waals surface area contributed by atoms with Gasteiger partial charge in [-0.1, -0.05) is 48.5 Å². The van der Waals surface area contributed by atoms with Crippen molar-refractivity contribution in [2.24, 2.45) is 0 Å². The van der Waals surface area contributed by atoms with Crippen molar-refractivity contribution >= 4 is 28.7 Å². The largest absolute Gasteiger partial charge is 0.480 e. The molecule has 0 saturated carbocycles. The van der Waals surface area contributed by atoms with Crippen LogP contribution in [0.1, 0.15) is 18.1 Å². The maximum absolute atomic E-state index is 12.7. The first-order valence-corrected chi connectivity index (χ1v) is 6.99. The van der Waals surface area contributed by atoms with Gasteiger partial charge in [-0.05, 0) is 24.1 Å². The van der Waals surface area contributed by atoms with Gasteiger partial charge in [0.2, 0.25) is 0 Å². The number of nitrogens with zero attached hydrogens (tertiary/aromatic N) is 1. The first-order valence-electron chi connectivity index (χ1n) is 6.99. The third kappa shape index (κ3) is 2.29. The van der Waals surface area contributed by atoms with Crippen LogP contribution in [0.3, 0.4) is 0 Å². The molecule has 0 aliphatic carbocycles. The fourth-order valence-corrected chi connectivity index (χ4v) is 2.77. The van der Waals surface area contributed by atoms with Gasteiger partial charge in [-0.25, -0.2) is 0 Å². The first kappa shape index (κ1) is 14.1. The van der Waals surface area contributed by atoms with E-state index in [1.165, 1.54) is 4.90 Å². The average molecular weight is 293 g/mol. The summed E-state index contributed by atoms with van der Waals surface area (Å²) in [6, 6.07) is 16.9. The first-order chi connectivity index (χ1) is 10.6. The summed E-state index contributed by atoms with van der Waals surface area (Å²) in [6.45, 7) is 1.56. The number of anilines is 1. The lowest BCUT2D eigenvalue weighted by Gasteiger charge is -2.14. The Hall–Kier alpha value is -2.88. The number of carbonyl (C=O) groups excluding carboxylic acids is 1. The maximum Gasteiger partial charge on any atom is 0.323 e. The van der Waals surface area contributed by atoms with Gasteiger partial charge in [0.25, 0.3) is 5.91 Å². The lowest BCUT2D eigenvalue weighted by atomic mass is 9.97. The fraction of sp³-hybridized carbons (Fsp3) is 0.111. The molecule has 0 atom stereocenters. The number of para-hydroxylation sites is 1. The molecule has 0 spiro atoms. The van der Waals surface area contributed by atoms with Gasteiger partial charge in [-0.3, -0.25) is 14.5 Å². The van der Waals surface area contributed by atoms with E-state index in [0.717, 1.165) is 16.7 Å². The number of rotatable bonds is 3. The van der Waals surface area contributed by atoms with Crippen LogP contribution in [0.2, 0.25) is 0 Å². The number of carboxylic acids is 1.